The number of hydrogen-bond donors (Lipinski definition) is 0. The SMILES string of the molecule is CC[C@H](C(=O)N(C)C)n1cc(C)c(-c2ccccc2OC)n1. The van der Waals surface area contributed by atoms with Crippen LogP contribution in [0.3, 0.4) is 0 Å². The molecule has 0 spiro atoms. The summed E-state index contributed by atoms with van der Waals surface area (Å²) >= 11 is 0. The molecule has 0 radical (unpaired) electrons. The van der Waals surface area contributed by atoms with Crippen LogP contribution in [-0.4, -0.2) is 41.8 Å². The molecule has 0 N–H and O–H groups in total. The van der Waals surface area contributed by atoms with E-state index < -0.39 is 0 Å². The average molecular weight is 301 g/mol. The van der Waals surface area contributed by atoms with Crippen LogP contribution in [0.1, 0.15) is 24.9 Å². The normalized spacial score (nSPS) is 12.0. The Balaban J connectivity index is 2.45. The van der Waals surface area contributed by atoms with E-state index in [-0.39, 0.29) is 11.9 Å². The lowest BCUT2D eigenvalue weighted by Crippen LogP contribution is -2.31. The standard InChI is InChI=1S/C17H23N3O2/c1-6-14(17(21)19(3)4)20-11-12(2)16(18-20)13-9-7-8-10-15(13)22-5/h7-11,14H,6H2,1-5H3/t14-/m1/s1. The molecule has 0 aliphatic carbocycles. The fourth-order valence-corrected chi connectivity index (χ4v) is 2.52. The fraction of sp³-hybridized carbons (Fsp3) is 0.412. The Morgan fingerprint density at radius 3 is 2.64 bits per heavy atom. The van der Waals surface area contributed by atoms with Gasteiger partial charge in [-0.05, 0) is 31.0 Å². The van der Waals surface area contributed by atoms with Crippen molar-refractivity contribution in [2.24, 2.45) is 0 Å². The van der Waals surface area contributed by atoms with Crippen molar-refractivity contribution in [2.45, 2.75) is 26.3 Å². The minimum absolute atomic E-state index is 0.0524. The van der Waals surface area contributed by atoms with Gasteiger partial charge in [0.15, 0.2) is 0 Å². The number of para-hydroxylation sites is 1. The number of rotatable bonds is 5. The molecule has 1 atom stereocenters. The second-order valence-electron chi connectivity index (χ2n) is 5.50. The zero-order valence-electron chi connectivity index (χ0n) is 13.8. The summed E-state index contributed by atoms with van der Waals surface area (Å²) in [5.41, 5.74) is 2.81. The van der Waals surface area contributed by atoms with E-state index in [9.17, 15) is 4.79 Å². The van der Waals surface area contributed by atoms with Crippen LogP contribution >= 0.6 is 0 Å². The Morgan fingerprint density at radius 1 is 1.36 bits per heavy atom. The third-order valence-electron chi connectivity index (χ3n) is 3.71. The average Bonchev–Trinajstić information content (AvgIpc) is 2.89. The summed E-state index contributed by atoms with van der Waals surface area (Å²) in [6.45, 7) is 3.99. The number of methoxy groups -OCH3 is 1. The topological polar surface area (TPSA) is 47.4 Å². The predicted octanol–water partition coefficient (Wildman–Crippen LogP) is 2.91. The van der Waals surface area contributed by atoms with Crippen LogP contribution in [0.4, 0.5) is 0 Å². The minimum Gasteiger partial charge on any atom is -0.496 e. The first kappa shape index (κ1) is 16.1. The Kier molecular flexibility index (Phi) is 4.85. The van der Waals surface area contributed by atoms with E-state index >= 15 is 0 Å². The maximum atomic E-state index is 12.3. The molecule has 0 unspecified atom stereocenters. The molecular formula is C17H23N3O2. The maximum absolute atomic E-state index is 12.3. The highest BCUT2D eigenvalue weighted by atomic mass is 16.5. The van der Waals surface area contributed by atoms with Crippen molar-refractivity contribution in [3.63, 3.8) is 0 Å². The lowest BCUT2D eigenvalue weighted by atomic mass is 10.1. The van der Waals surface area contributed by atoms with E-state index in [0.29, 0.717) is 6.42 Å². The zero-order valence-corrected chi connectivity index (χ0v) is 13.8. The second-order valence-corrected chi connectivity index (χ2v) is 5.50. The van der Waals surface area contributed by atoms with Gasteiger partial charge in [0.25, 0.3) is 0 Å². The predicted molar refractivity (Wildman–Crippen MR) is 87.0 cm³/mol. The van der Waals surface area contributed by atoms with Gasteiger partial charge in [0.05, 0.1) is 12.8 Å². The van der Waals surface area contributed by atoms with Crippen LogP contribution in [-0.2, 0) is 4.79 Å². The Bertz CT molecular complexity index is 662. The summed E-state index contributed by atoms with van der Waals surface area (Å²) in [6.07, 6.45) is 2.63. The van der Waals surface area contributed by atoms with Crippen molar-refractivity contribution in [3.8, 4) is 17.0 Å². The number of aryl methyl sites for hydroxylation is 1. The first-order valence-electron chi connectivity index (χ1n) is 7.39. The molecule has 1 aromatic carbocycles. The van der Waals surface area contributed by atoms with Crippen molar-refractivity contribution in [1.82, 2.24) is 14.7 Å². The monoisotopic (exact) mass is 301 g/mol. The van der Waals surface area contributed by atoms with Crippen LogP contribution in [0.25, 0.3) is 11.3 Å². The third-order valence-corrected chi connectivity index (χ3v) is 3.71. The largest absolute Gasteiger partial charge is 0.496 e. The summed E-state index contributed by atoms with van der Waals surface area (Å²) in [5.74, 6) is 0.833. The molecule has 2 aromatic rings. The fourth-order valence-electron chi connectivity index (χ4n) is 2.52. The molecule has 0 aliphatic heterocycles. The molecule has 118 valence electrons. The molecule has 1 heterocycles. The Hall–Kier alpha value is -2.30. The molecule has 0 saturated carbocycles. The Morgan fingerprint density at radius 2 is 2.05 bits per heavy atom. The number of likely N-dealkylation sites (N-methyl/N-ethyl adjacent to an activating group) is 1. The number of ether oxygens (including phenoxy) is 1. The number of benzene rings is 1. The third kappa shape index (κ3) is 2.98. The van der Waals surface area contributed by atoms with Crippen molar-refractivity contribution in [1.29, 1.82) is 0 Å². The molecule has 0 saturated heterocycles. The summed E-state index contributed by atoms with van der Waals surface area (Å²) in [6, 6.07) is 7.50. The molecule has 0 aliphatic rings. The molecule has 22 heavy (non-hydrogen) atoms. The van der Waals surface area contributed by atoms with E-state index in [1.54, 1.807) is 30.8 Å². The highest BCUT2D eigenvalue weighted by Gasteiger charge is 2.23. The van der Waals surface area contributed by atoms with Crippen molar-refractivity contribution in [3.05, 3.63) is 36.0 Å². The smallest absolute Gasteiger partial charge is 0.246 e. The van der Waals surface area contributed by atoms with E-state index in [1.165, 1.54) is 0 Å². The number of amides is 1. The van der Waals surface area contributed by atoms with Crippen molar-refractivity contribution in [2.75, 3.05) is 21.2 Å². The molecule has 0 bridgehead atoms. The van der Waals surface area contributed by atoms with Crippen LogP contribution in [0.15, 0.2) is 30.5 Å². The first-order valence-corrected chi connectivity index (χ1v) is 7.39. The molecule has 1 aromatic heterocycles. The van der Waals surface area contributed by atoms with Gasteiger partial charge in [0.1, 0.15) is 11.8 Å². The van der Waals surface area contributed by atoms with Gasteiger partial charge < -0.3 is 9.64 Å². The minimum atomic E-state index is -0.280. The van der Waals surface area contributed by atoms with Crippen LogP contribution in [0.2, 0.25) is 0 Å². The first-order chi connectivity index (χ1) is 10.5. The summed E-state index contributed by atoms with van der Waals surface area (Å²) in [7, 11) is 5.18. The van der Waals surface area contributed by atoms with Crippen LogP contribution in [0.5, 0.6) is 5.75 Å². The maximum Gasteiger partial charge on any atom is 0.246 e. The zero-order chi connectivity index (χ0) is 16.3. The number of carbonyl (C=O) groups is 1. The Labute approximate surface area is 131 Å². The van der Waals surface area contributed by atoms with Gasteiger partial charge in [-0.15, -0.1) is 0 Å². The van der Waals surface area contributed by atoms with Gasteiger partial charge in [-0.1, -0.05) is 19.1 Å². The van der Waals surface area contributed by atoms with Gasteiger partial charge in [0.2, 0.25) is 5.91 Å². The molecule has 5 heteroatoms. The molecule has 5 nitrogen and oxygen atoms in total. The van der Waals surface area contributed by atoms with E-state index in [0.717, 1.165) is 22.6 Å². The van der Waals surface area contributed by atoms with Crippen molar-refractivity contribution < 1.29 is 9.53 Å². The second kappa shape index (κ2) is 6.64. The lowest BCUT2D eigenvalue weighted by Gasteiger charge is -2.19. The highest BCUT2D eigenvalue weighted by molar-refractivity contribution is 5.80. The van der Waals surface area contributed by atoms with Gasteiger partial charge in [-0.3, -0.25) is 9.48 Å². The summed E-state index contributed by atoms with van der Waals surface area (Å²) < 4.78 is 7.18. The number of nitrogens with zero attached hydrogens (tertiary/aromatic N) is 3. The van der Waals surface area contributed by atoms with E-state index in [1.807, 2.05) is 44.3 Å². The highest BCUT2D eigenvalue weighted by Crippen LogP contribution is 2.31. The molecule has 2 rings (SSSR count). The lowest BCUT2D eigenvalue weighted by molar-refractivity contribution is -0.132. The van der Waals surface area contributed by atoms with Crippen molar-refractivity contribution >= 4 is 5.91 Å². The molecular weight excluding hydrogens is 278 g/mol. The van der Waals surface area contributed by atoms with Crippen LogP contribution < -0.4 is 4.74 Å². The molecule has 1 amide bonds. The van der Waals surface area contributed by atoms with E-state index in [2.05, 4.69) is 5.10 Å². The number of aromatic nitrogens is 2. The van der Waals surface area contributed by atoms with Gasteiger partial charge in [0, 0.05) is 25.9 Å². The van der Waals surface area contributed by atoms with Gasteiger partial charge >= 0.3 is 0 Å². The van der Waals surface area contributed by atoms with Crippen LogP contribution in [0, 0.1) is 6.92 Å². The van der Waals surface area contributed by atoms with E-state index in [4.69, 9.17) is 4.74 Å². The quantitative estimate of drug-likeness (QED) is 0.853. The number of hydrogen-bond acceptors (Lipinski definition) is 3. The number of carbonyl (C=O) groups excluding carboxylic acids is 1. The summed E-state index contributed by atoms with van der Waals surface area (Å²) in [4.78, 5) is 13.9. The van der Waals surface area contributed by atoms with Gasteiger partial charge in [-0.25, -0.2) is 0 Å². The molecule has 0 fully saturated rings. The van der Waals surface area contributed by atoms with Gasteiger partial charge in [-0.2, -0.15) is 5.10 Å². The summed E-state index contributed by atoms with van der Waals surface area (Å²) in [5, 5.41) is 4.65.